The number of rotatable bonds is 7. The maximum Gasteiger partial charge on any atom is 0.272 e. The Morgan fingerprint density at radius 3 is 2.73 bits per heavy atom. The first kappa shape index (κ1) is 24.3. The minimum absolute atomic E-state index is 0.0380. The van der Waals surface area contributed by atoms with Crippen LogP contribution < -0.4 is 10.7 Å². The van der Waals surface area contributed by atoms with Crippen molar-refractivity contribution in [3.05, 3.63) is 47.2 Å². The fourth-order valence-electron chi connectivity index (χ4n) is 3.95. The van der Waals surface area contributed by atoms with Gasteiger partial charge in [-0.2, -0.15) is 5.10 Å². The van der Waals surface area contributed by atoms with Gasteiger partial charge in [0.15, 0.2) is 6.61 Å². The summed E-state index contributed by atoms with van der Waals surface area (Å²) in [5.74, 6) is 0.0910. The van der Waals surface area contributed by atoms with Gasteiger partial charge < -0.3 is 10.5 Å². The molecule has 2 aliphatic rings. The number of dihydropyridines is 1. The van der Waals surface area contributed by atoms with Gasteiger partial charge in [0.1, 0.15) is 17.7 Å². The van der Waals surface area contributed by atoms with E-state index in [4.69, 9.17) is 10.5 Å². The van der Waals surface area contributed by atoms with Crippen LogP contribution in [0.5, 0.6) is 0 Å². The first-order valence-electron chi connectivity index (χ1n) is 10.9. The van der Waals surface area contributed by atoms with Crippen molar-refractivity contribution in [1.82, 2.24) is 0 Å². The number of nitrogens with two attached hydrogens (primary N) is 1. The lowest BCUT2D eigenvalue weighted by Gasteiger charge is -2.24. The van der Waals surface area contributed by atoms with Crippen molar-refractivity contribution in [3.8, 4) is 0 Å². The van der Waals surface area contributed by atoms with Crippen LogP contribution in [0.2, 0.25) is 0 Å². The molecule has 7 nitrogen and oxygen atoms in total. The Labute approximate surface area is 192 Å². The Bertz CT molecular complexity index is 1010. The number of alkyl halides is 2. The summed E-state index contributed by atoms with van der Waals surface area (Å²) in [6.45, 7) is -0.768. The molecule has 1 saturated carbocycles. The van der Waals surface area contributed by atoms with Gasteiger partial charge in [-0.05, 0) is 43.0 Å². The lowest BCUT2D eigenvalue weighted by molar-refractivity contribution is -0.105. The van der Waals surface area contributed by atoms with Gasteiger partial charge in [-0.25, -0.2) is 13.8 Å². The van der Waals surface area contributed by atoms with Crippen molar-refractivity contribution >= 4 is 35.5 Å². The molecule has 2 N–H and O–H groups in total. The lowest BCUT2D eigenvalue weighted by Crippen LogP contribution is -2.22. The largest absolute Gasteiger partial charge is 0.472 e. The van der Waals surface area contributed by atoms with Gasteiger partial charge in [-0.3, -0.25) is 14.8 Å². The minimum atomic E-state index is -2.62. The zero-order chi connectivity index (χ0) is 23.8. The number of ether oxygens (including phenoxy) is 1. The summed E-state index contributed by atoms with van der Waals surface area (Å²) in [7, 11) is 3.43. The molecule has 0 atom stereocenters. The second kappa shape index (κ2) is 11.5. The molecule has 1 aromatic carbocycles. The second-order valence-corrected chi connectivity index (χ2v) is 7.95. The van der Waals surface area contributed by atoms with Crippen LogP contribution in [0.4, 0.5) is 20.2 Å². The Morgan fingerprint density at radius 2 is 2.06 bits per heavy atom. The third kappa shape index (κ3) is 6.34. The average molecular weight is 458 g/mol. The molecule has 0 spiro atoms. The monoisotopic (exact) mass is 457 g/mol. The number of nitrogens with zero attached hydrogens (tertiary/aromatic N) is 4. The molecule has 0 amide bonds. The van der Waals surface area contributed by atoms with E-state index < -0.39 is 13.0 Å². The fourth-order valence-corrected chi connectivity index (χ4v) is 3.95. The number of carbonyl (C=O) groups is 1. The summed E-state index contributed by atoms with van der Waals surface area (Å²) in [4.78, 5) is 20.6. The van der Waals surface area contributed by atoms with Gasteiger partial charge >= 0.3 is 0 Å². The third-order valence-corrected chi connectivity index (χ3v) is 5.62. The van der Waals surface area contributed by atoms with E-state index in [0.717, 1.165) is 49.6 Å². The molecule has 0 saturated heterocycles. The summed E-state index contributed by atoms with van der Waals surface area (Å²) < 4.78 is 30.4. The van der Waals surface area contributed by atoms with E-state index in [2.05, 4.69) is 15.1 Å². The standard InChI is InChI=1S/C24H29F2N5O2/c1-28-13-17-12-18(8-9-20(17)27)31(2)30-21-10-11-23(33-15-22(25)26)29-24(21)19(14-32)16-6-4-3-5-7-16/h8-14,16,22H,3-7,15,27H2,1-2H3/b24-19-,28-13?,30-21-. The van der Waals surface area contributed by atoms with Crippen molar-refractivity contribution in [2.75, 3.05) is 31.4 Å². The molecule has 33 heavy (non-hydrogen) atoms. The van der Waals surface area contributed by atoms with Gasteiger partial charge in [-0.15, -0.1) is 0 Å². The number of allylic oxidation sites excluding steroid dienone is 2. The number of benzene rings is 1. The van der Waals surface area contributed by atoms with Gasteiger partial charge in [0.2, 0.25) is 5.90 Å². The predicted octanol–water partition coefficient (Wildman–Crippen LogP) is 4.39. The lowest BCUT2D eigenvalue weighted by atomic mass is 9.82. The molecule has 1 aliphatic carbocycles. The number of nitrogen functional groups attached to an aromatic ring is 1. The Kier molecular flexibility index (Phi) is 8.46. The molecule has 0 radical (unpaired) electrons. The number of carbonyl (C=O) groups excluding carboxylic acids is 1. The van der Waals surface area contributed by atoms with E-state index in [-0.39, 0.29) is 11.8 Å². The molecule has 0 unspecified atom stereocenters. The molecule has 9 heteroatoms. The fraction of sp³-hybridized carbons (Fsp3) is 0.417. The highest BCUT2D eigenvalue weighted by Crippen LogP contribution is 2.32. The van der Waals surface area contributed by atoms with E-state index in [1.807, 2.05) is 12.1 Å². The molecule has 0 bridgehead atoms. The number of hydrogen-bond donors (Lipinski definition) is 1. The van der Waals surface area contributed by atoms with Crippen molar-refractivity contribution in [1.29, 1.82) is 0 Å². The highest BCUT2D eigenvalue weighted by Gasteiger charge is 2.25. The Balaban J connectivity index is 2.00. The number of anilines is 2. The normalized spacial score (nSPS) is 19.8. The van der Waals surface area contributed by atoms with Crippen molar-refractivity contribution in [2.24, 2.45) is 21.0 Å². The molecule has 1 aliphatic heterocycles. The van der Waals surface area contributed by atoms with Crippen LogP contribution in [-0.2, 0) is 9.53 Å². The third-order valence-electron chi connectivity index (χ3n) is 5.62. The van der Waals surface area contributed by atoms with Crippen molar-refractivity contribution < 1.29 is 18.3 Å². The first-order chi connectivity index (χ1) is 15.9. The van der Waals surface area contributed by atoms with Crippen LogP contribution in [-0.4, -0.2) is 51.2 Å². The number of aldehydes is 1. The molecule has 1 fully saturated rings. The van der Waals surface area contributed by atoms with Crippen molar-refractivity contribution in [3.63, 3.8) is 0 Å². The number of aliphatic imine (C=N–C) groups is 2. The zero-order valence-electron chi connectivity index (χ0n) is 18.9. The van der Waals surface area contributed by atoms with Crippen LogP contribution in [0.1, 0.15) is 37.7 Å². The van der Waals surface area contributed by atoms with Gasteiger partial charge in [-0.1, -0.05) is 19.3 Å². The van der Waals surface area contributed by atoms with E-state index in [0.29, 0.717) is 22.7 Å². The average Bonchev–Trinajstić information content (AvgIpc) is 2.81. The van der Waals surface area contributed by atoms with E-state index in [1.165, 1.54) is 6.08 Å². The molecular formula is C24H29F2N5O2. The van der Waals surface area contributed by atoms with Gasteiger partial charge in [0, 0.05) is 43.2 Å². The summed E-state index contributed by atoms with van der Waals surface area (Å²) in [5, 5.41) is 6.31. The summed E-state index contributed by atoms with van der Waals surface area (Å²) in [5.41, 5.74) is 9.45. The molecule has 0 aromatic heterocycles. The smallest absolute Gasteiger partial charge is 0.272 e. The van der Waals surface area contributed by atoms with Crippen molar-refractivity contribution in [2.45, 2.75) is 38.5 Å². The van der Waals surface area contributed by atoms with Crippen LogP contribution >= 0.6 is 0 Å². The zero-order valence-corrected chi connectivity index (χ0v) is 18.9. The highest BCUT2D eigenvalue weighted by molar-refractivity contribution is 6.17. The molecule has 1 heterocycles. The Morgan fingerprint density at radius 1 is 1.30 bits per heavy atom. The van der Waals surface area contributed by atoms with E-state index in [9.17, 15) is 13.6 Å². The maximum absolute atomic E-state index is 12.6. The van der Waals surface area contributed by atoms with E-state index in [1.54, 1.807) is 37.5 Å². The molecule has 176 valence electrons. The number of hydrazone groups is 1. The van der Waals surface area contributed by atoms with Crippen LogP contribution in [0.15, 0.2) is 56.7 Å². The number of hydrogen-bond acceptors (Lipinski definition) is 7. The quantitative estimate of drug-likeness (QED) is 0.216. The molecule has 1 aromatic rings. The minimum Gasteiger partial charge on any atom is -0.472 e. The predicted molar refractivity (Wildman–Crippen MR) is 128 cm³/mol. The van der Waals surface area contributed by atoms with E-state index >= 15 is 0 Å². The SMILES string of the molecule is CN=Cc1cc(N(C)/N=C2/C=CC(OCC(F)F)=N/C2=C(/C=O)C2CCCCC2)ccc1N. The summed E-state index contributed by atoms with van der Waals surface area (Å²) in [6, 6.07) is 5.44. The second-order valence-electron chi connectivity index (χ2n) is 7.95. The van der Waals surface area contributed by atoms with Gasteiger partial charge in [0.05, 0.1) is 5.69 Å². The summed E-state index contributed by atoms with van der Waals surface area (Å²) >= 11 is 0. The van der Waals surface area contributed by atoms with Crippen LogP contribution in [0.3, 0.4) is 0 Å². The van der Waals surface area contributed by atoms with Crippen LogP contribution in [0, 0.1) is 5.92 Å². The first-order valence-corrected chi connectivity index (χ1v) is 10.9. The molecular weight excluding hydrogens is 428 g/mol. The highest BCUT2D eigenvalue weighted by atomic mass is 19.3. The Hall–Kier alpha value is -3.36. The topological polar surface area (TPSA) is 92.6 Å². The molecule has 3 rings (SSSR count). The summed E-state index contributed by atoms with van der Waals surface area (Å²) in [6.07, 6.45) is 7.93. The maximum atomic E-state index is 12.6. The number of halogens is 2. The van der Waals surface area contributed by atoms with Crippen LogP contribution in [0.25, 0.3) is 0 Å². The van der Waals surface area contributed by atoms with Gasteiger partial charge in [0.25, 0.3) is 6.43 Å².